The molecule has 2 rings (SSSR count). The number of aryl methyl sites for hydroxylation is 1. The summed E-state index contributed by atoms with van der Waals surface area (Å²) in [4.78, 5) is 22.5. The second-order valence-electron chi connectivity index (χ2n) is 5.96. The van der Waals surface area contributed by atoms with Gasteiger partial charge in [0.2, 0.25) is 5.91 Å². The first-order valence-electron chi connectivity index (χ1n) is 8.20. The SMILES string of the molecule is Cc1ccc(NC(C)C(=O)Nc2ccc([N+](=O)[O-])cc2Cl)cc1OCC(F)F. The van der Waals surface area contributed by atoms with Crippen LogP contribution >= 0.6 is 11.6 Å². The Hall–Kier alpha value is -2.94. The highest BCUT2D eigenvalue weighted by atomic mass is 35.5. The summed E-state index contributed by atoms with van der Waals surface area (Å²) in [6, 6.07) is 7.90. The fourth-order valence-electron chi connectivity index (χ4n) is 2.27. The zero-order chi connectivity index (χ0) is 20.8. The van der Waals surface area contributed by atoms with Crippen molar-refractivity contribution < 1.29 is 23.2 Å². The van der Waals surface area contributed by atoms with E-state index in [2.05, 4.69) is 10.6 Å². The van der Waals surface area contributed by atoms with Gasteiger partial charge in [-0.3, -0.25) is 14.9 Å². The van der Waals surface area contributed by atoms with Gasteiger partial charge >= 0.3 is 0 Å². The highest BCUT2D eigenvalue weighted by molar-refractivity contribution is 6.34. The quantitative estimate of drug-likeness (QED) is 0.485. The van der Waals surface area contributed by atoms with Gasteiger partial charge in [-0.25, -0.2) is 8.78 Å². The molecule has 1 amide bonds. The van der Waals surface area contributed by atoms with Crippen LogP contribution in [0.25, 0.3) is 0 Å². The van der Waals surface area contributed by atoms with Crippen molar-refractivity contribution in [1.82, 2.24) is 0 Å². The topological polar surface area (TPSA) is 93.5 Å². The fourth-order valence-corrected chi connectivity index (χ4v) is 2.50. The van der Waals surface area contributed by atoms with Crippen LogP contribution in [0.4, 0.5) is 25.8 Å². The van der Waals surface area contributed by atoms with E-state index < -0.39 is 29.9 Å². The maximum atomic E-state index is 12.4. The Morgan fingerprint density at radius 3 is 2.61 bits per heavy atom. The van der Waals surface area contributed by atoms with Gasteiger partial charge in [0, 0.05) is 23.9 Å². The number of anilines is 2. The molecular formula is C18H18ClF2N3O4. The number of carbonyl (C=O) groups excluding carboxylic acids is 1. The summed E-state index contributed by atoms with van der Waals surface area (Å²) in [6.07, 6.45) is -2.59. The predicted molar refractivity (Wildman–Crippen MR) is 102 cm³/mol. The Bertz CT molecular complexity index is 880. The molecule has 0 spiro atoms. The molecule has 0 saturated carbocycles. The van der Waals surface area contributed by atoms with Gasteiger partial charge in [-0.05, 0) is 31.5 Å². The number of benzene rings is 2. The number of nitro benzene ring substituents is 1. The number of halogens is 3. The summed E-state index contributed by atoms with van der Waals surface area (Å²) < 4.78 is 29.7. The molecule has 0 fully saturated rings. The van der Waals surface area contributed by atoms with Gasteiger partial charge in [-0.1, -0.05) is 17.7 Å². The van der Waals surface area contributed by atoms with Gasteiger partial charge < -0.3 is 15.4 Å². The molecule has 2 aromatic carbocycles. The Morgan fingerprint density at radius 1 is 1.29 bits per heavy atom. The van der Waals surface area contributed by atoms with E-state index in [0.29, 0.717) is 11.3 Å². The minimum Gasteiger partial charge on any atom is -0.487 e. The zero-order valence-electron chi connectivity index (χ0n) is 15.0. The van der Waals surface area contributed by atoms with Crippen molar-refractivity contribution in [3.8, 4) is 5.75 Å². The average molecular weight is 414 g/mol. The molecule has 150 valence electrons. The normalized spacial score (nSPS) is 11.8. The first kappa shape index (κ1) is 21.4. The van der Waals surface area contributed by atoms with Crippen molar-refractivity contribution in [3.05, 3.63) is 57.1 Å². The number of non-ortho nitro benzene ring substituents is 1. The van der Waals surface area contributed by atoms with Gasteiger partial charge in [0.1, 0.15) is 18.4 Å². The van der Waals surface area contributed by atoms with Gasteiger partial charge in [-0.15, -0.1) is 0 Å². The molecule has 10 heteroatoms. The first-order valence-corrected chi connectivity index (χ1v) is 8.58. The monoisotopic (exact) mass is 413 g/mol. The van der Waals surface area contributed by atoms with E-state index >= 15 is 0 Å². The summed E-state index contributed by atoms with van der Waals surface area (Å²) in [6.45, 7) is 2.59. The summed E-state index contributed by atoms with van der Waals surface area (Å²) >= 11 is 5.96. The molecule has 0 aromatic heterocycles. The largest absolute Gasteiger partial charge is 0.487 e. The third-order valence-electron chi connectivity index (χ3n) is 3.75. The van der Waals surface area contributed by atoms with E-state index in [0.717, 1.165) is 6.07 Å². The molecule has 2 N–H and O–H groups in total. The molecule has 0 aliphatic rings. The van der Waals surface area contributed by atoms with Crippen molar-refractivity contribution in [2.75, 3.05) is 17.2 Å². The fraction of sp³-hybridized carbons (Fsp3) is 0.278. The van der Waals surface area contributed by atoms with Crippen LogP contribution in [-0.4, -0.2) is 29.9 Å². The minimum atomic E-state index is -2.59. The average Bonchev–Trinajstić information content (AvgIpc) is 2.63. The Labute approximate surface area is 164 Å². The van der Waals surface area contributed by atoms with Crippen molar-refractivity contribution in [2.45, 2.75) is 26.3 Å². The highest BCUT2D eigenvalue weighted by Crippen LogP contribution is 2.27. The van der Waals surface area contributed by atoms with E-state index in [9.17, 15) is 23.7 Å². The van der Waals surface area contributed by atoms with Crippen LogP contribution < -0.4 is 15.4 Å². The number of amides is 1. The van der Waals surface area contributed by atoms with Crippen molar-refractivity contribution in [1.29, 1.82) is 0 Å². The molecule has 0 radical (unpaired) electrons. The number of ether oxygens (including phenoxy) is 1. The molecule has 0 saturated heterocycles. The Kier molecular flexibility index (Phi) is 7.11. The van der Waals surface area contributed by atoms with Gasteiger partial charge in [0.15, 0.2) is 0 Å². The maximum Gasteiger partial charge on any atom is 0.272 e. The van der Waals surface area contributed by atoms with Crippen LogP contribution in [0, 0.1) is 17.0 Å². The Morgan fingerprint density at radius 2 is 2.00 bits per heavy atom. The molecule has 1 atom stereocenters. The number of rotatable bonds is 8. The van der Waals surface area contributed by atoms with E-state index in [1.165, 1.54) is 18.2 Å². The van der Waals surface area contributed by atoms with Crippen molar-refractivity contribution >= 4 is 34.6 Å². The number of carbonyl (C=O) groups is 1. The van der Waals surface area contributed by atoms with Gasteiger partial charge in [0.25, 0.3) is 12.1 Å². The Balaban J connectivity index is 2.04. The van der Waals surface area contributed by atoms with Crippen LogP contribution in [0.2, 0.25) is 5.02 Å². The maximum absolute atomic E-state index is 12.4. The van der Waals surface area contributed by atoms with E-state index in [1.807, 2.05) is 0 Å². The van der Waals surface area contributed by atoms with Crippen LogP contribution in [0.15, 0.2) is 36.4 Å². The first-order chi connectivity index (χ1) is 13.2. The number of nitro groups is 1. The molecule has 1 unspecified atom stereocenters. The molecule has 2 aromatic rings. The van der Waals surface area contributed by atoms with E-state index in [-0.39, 0.29) is 22.1 Å². The van der Waals surface area contributed by atoms with E-state index in [4.69, 9.17) is 16.3 Å². The summed E-state index contributed by atoms with van der Waals surface area (Å²) in [5.74, 6) is -0.150. The number of nitrogens with one attached hydrogen (secondary N) is 2. The molecule has 0 aliphatic carbocycles. The van der Waals surface area contributed by atoms with E-state index in [1.54, 1.807) is 26.0 Å². The third-order valence-corrected chi connectivity index (χ3v) is 4.06. The lowest BCUT2D eigenvalue weighted by Gasteiger charge is -2.17. The summed E-state index contributed by atoms with van der Waals surface area (Å²) in [5.41, 5.74) is 1.23. The lowest BCUT2D eigenvalue weighted by atomic mass is 10.2. The molecular weight excluding hydrogens is 396 g/mol. The standard InChI is InChI=1S/C18H18ClF2N3O4/c1-10-3-4-12(7-16(10)28-9-17(20)21)22-11(2)18(25)23-15-6-5-13(24(26)27)8-14(15)19/h3-8,11,17,22H,9H2,1-2H3,(H,23,25). The van der Waals surface area contributed by atoms with Crippen molar-refractivity contribution in [3.63, 3.8) is 0 Å². The van der Waals surface area contributed by atoms with Crippen molar-refractivity contribution in [2.24, 2.45) is 0 Å². The summed E-state index contributed by atoms with van der Waals surface area (Å²) in [7, 11) is 0. The third kappa shape index (κ3) is 5.78. The predicted octanol–water partition coefficient (Wildman–Crippen LogP) is 4.64. The van der Waals surface area contributed by atoms with Gasteiger partial charge in [-0.2, -0.15) is 0 Å². The highest BCUT2D eigenvalue weighted by Gasteiger charge is 2.17. The molecule has 7 nitrogen and oxygen atoms in total. The van der Waals surface area contributed by atoms with Crippen LogP contribution in [0.3, 0.4) is 0 Å². The minimum absolute atomic E-state index is 0.0350. The molecule has 0 aliphatic heterocycles. The molecule has 0 heterocycles. The smallest absolute Gasteiger partial charge is 0.272 e. The second-order valence-corrected chi connectivity index (χ2v) is 6.37. The molecule has 0 bridgehead atoms. The number of nitrogens with zero attached hydrogens (tertiary/aromatic N) is 1. The van der Waals surface area contributed by atoms with Crippen LogP contribution in [0.1, 0.15) is 12.5 Å². The lowest BCUT2D eigenvalue weighted by molar-refractivity contribution is -0.384. The zero-order valence-corrected chi connectivity index (χ0v) is 15.8. The number of hydrogen-bond acceptors (Lipinski definition) is 5. The van der Waals surface area contributed by atoms with Gasteiger partial charge in [0.05, 0.1) is 15.6 Å². The number of alkyl halides is 2. The summed E-state index contributed by atoms with van der Waals surface area (Å²) in [5, 5.41) is 16.3. The molecule has 28 heavy (non-hydrogen) atoms. The number of hydrogen-bond donors (Lipinski definition) is 2. The second kappa shape index (κ2) is 9.32. The van der Waals surface area contributed by atoms with Crippen LogP contribution in [0.5, 0.6) is 5.75 Å². The lowest BCUT2D eigenvalue weighted by Crippen LogP contribution is -2.32. The van der Waals surface area contributed by atoms with Crippen LogP contribution in [-0.2, 0) is 4.79 Å².